The number of non-ortho nitro benzene ring substituents is 1. The molecule has 1 unspecified atom stereocenters. The van der Waals surface area contributed by atoms with Crippen molar-refractivity contribution >= 4 is 63.7 Å². The van der Waals surface area contributed by atoms with Gasteiger partial charge >= 0.3 is 5.97 Å². The number of ether oxygens (including phenoxy) is 1. The van der Waals surface area contributed by atoms with Gasteiger partial charge in [-0.25, -0.2) is 4.79 Å². The SMILES string of the molecule is CC(OC(=O)c1cc(Cl)cc(Cl)c1N)C(=O)Nc1cc([N+](=O)[O-])ccc1Cl. The van der Waals surface area contributed by atoms with E-state index in [2.05, 4.69) is 5.32 Å². The number of nitrogens with two attached hydrogens (primary N) is 1. The van der Waals surface area contributed by atoms with Crippen LogP contribution in [0.25, 0.3) is 0 Å². The number of nitro benzene ring substituents is 1. The third-order valence-corrected chi connectivity index (χ3v) is 4.25. The van der Waals surface area contributed by atoms with Crippen LogP contribution in [0.1, 0.15) is 17.3 Å². The van der Waals surface area contributed by atoms with Crippen LogP contribution in [0.15, 0.2) is 30.3 Å². The van der Waals surface area contributed by atoms with Crippen LogP contribution in [-0.4, -0.2) is 22.9 Å². The summed E-state index contributed by atoms with van der Waals surface area (Å²) in [5.41, 5.74) is 5.32. The van der Waals surface area contributed by atoms with Gasteiger partial charge in [-0.2, -0.15) is 0 Å². The summed E-state index contributed by atoms with van der Waals surface area (Å²) < 4.78 is 5.05. The highest BCUT2D eigenvalue weighted by atomic mass is 35.5. The summed E-state index contributed by atoms with van der Waals surface area (Å²) in [7, 11) is 0. The zero-order valence-corrected chi connectivity index (χ0v) is 15.9. The van der Waals surface area contributed by atoms with Gasteiger partial charge in [0.25, 0.3) is 11.6 Å². The fourth-order valence-electron chi connectivity index (χ4n) is 1.99. The number of benzene rings is 2. The second-order valence-electron chi connectivity index (χ2n) is 5.31. The molecule has 1 atom stereocenters. The molecule has 3 N–H and O–H groups in total. The molecule has 0 aromatic heterocycles. The van der Waals surface area contributed by atoms with Crippen LogP contribution >= 0.6 is 34.8 Å². The van der Waals surface area contributed by atoms with Crippen LogP contribution in [0.2, 0.25) is 15.1 Å². The Kier molecular flexibility index (Phi) is 6.48. The Bertz CT molecular complexity index is 936. The van der Waals surface area contributed by atoms with Crippen molar-refractivity contribution < 1.29 is 19.2 Å². The number of anilines is 2. The molecule has 0 aliphatic heterocycles. The van der Waals surface area contributed by atoms with Crippen LogP contribution in [-0.2, 0) is 9.53 Å². The number of amides is 1. The first-order valence-electron chi connectivity index (χ1n) is 7.30. The molecule has 2 aromatic carbocycles. The smallest absolute Gasteiger partial charge is 0.341 e. The van der Waals surface area contributed by atoms with E-state index < -0.39 is 22.9 Å². The molecule has 2 rings (SSSR count). The van der Waals surface area contributed by atoms with Crippen molar-refractivity contribution in [2.75, 3.05) is 11.1 Å². The molecule has 0 bridgehead atoms. The lowest BCUT2D eigenvalue weighted by molar-refractivity contribution is -0.384. The minimum Gasteiger partial charge on any atom is -0.449 e. The Hall–Kier alpha value is -2.55. The second-order valence-corrected chi connectivity index (χ2v) is 6.56. The summed E-state index contributed by atoms with van der Waals surface area (Å²) in [6.45, 7) is 1.31. The molecule has 0 saturated carbocycles. The van der Waals surface area contributed by atoms with Crippen molar-refractivity contribution in [2.24, 2.45) is 0 Å². The summed E-state index contributed by atoms with van der Waals surface area (Å²) in [5.74, 6) is -1.66. The highest BCUT2D eigenvalue weighted by Gasteiger charge is 2.23. The molecule has 0 spiro atoms. The van der Waals surface area contributed by atoms with E-state index >= 15 is 0 Å². The number of nitrogen functional groups attached to an aromatic ring is 1. The minimum atomic E-state index is -1.26. The quantitative estimate of drug-likeness (QED) is 0.314. The zero-order chi connectivity index (χ0) is 20.3. The number of carbonyl (C=O) groups excluding carboxylic acids is 2. The van der Waals surface area contributed by atoms with E-state index in [0.717, 1.165) is 6.07 Å². The fourth-order valence-corrected chi connectivity index (χ4v) is 2.65. The van der Waals surface area contributed by atoms with Crippen molar-refractivity contribution in [1.82, 2.24) is 0 Å². The van der Waals surface area contributed by atoms with Crippen LogP contribution in [0.3, 0.4) is 0 Å². The Balaban J connectivity index is 2.14. The molecule has 27 heavy (non-hydrogen) atoms. The average molecular weight is 433 g/mol. The highest BCUT2D eigenvalue weighted by molar-refractivity contribution is 6.37. The Morgan fingerprint density at radius 3 is 2.48 bits per heavy atom. The molecule has 2 aromatic rings. The molecule has 11 heteroatoms. The van der Waals surface area contributed by atoms with Gasteiger partial charge in [0.15, 0.2) is 6.10 Å². The molecule has 1 amide bonds. The average Bonchev–Trinajstić information content (AvgIpc) is 2.59. The van der Waals surface area contributed by atoms with Crippen molar-refractivity contribution in [1.29, 1.82) is 0 Å². The van der Waals surface area contributed by atoms with E-state index in [1.54, 1.807) is 0 Å². The van der Waals surface area contributed by atoms with Gasteiger partial charge in [0.1, 0.15) is 0 Å². The molecular formula is C16H12Cl3N3O5. The maximum Gasteiger partial charge on any atom is 0.341 e. The maximum absolute atomic E-state index is 12.2. The number of nitrogens with zero attached hydrogens (tertiary/aromatic N) is 1. The predicted octanol–water partition coefficient (Wildman–Crippen LogP) is 4.32. The number of hydrogen-bond donors (Lipinski definition) is 2. The monoisotopic (exact) mass is 431 g/mol. The van der Waals surface area contributed by atoms with Gasteiger partial charge in [-0.3, -0.25) is 14.9 Å². The molecule has 0 radical (unpaired) electrons. The highest BCUT2D eigenvalue weighted by Crippen LogP contribution is 2.29. The van der Waals surface area contributed by atoms with E-state index in [-0.39, 0.29) is 37.7 Å². The lowest BCUT2D eigenvalue weighted by Crippen LogP contribution is -2.30. The Labute approximate surface area is 168 Å². The van der Waals surface area contributed by atoms with Crippen molar-refractivity contribution in [3.8, 4) is 0 Å². The number of nitro groups is 1. The number of esters is 1. The number of nitrogens with one attached hydrogen (secondary N) is 1. The topological polar surface area (TPSA) is 125 Å². The number of rotatable bonds is 5. The summed E-state index contributed by atoms with van der Waals surface area (Å²) in [4.78, 5) is 34.6. The number of hydrogen-bond acceptors (Lipinski definition) is 6. The van der Waals surface area contributed by atoms with Gasteiger partial charge in [-0.15, -0.1) is 0 Å². The lowest BCUT2D eigenvalue weighted by atomic mass is 10.2. The normalized spacial score (nSPS) is 11.6. The van der Waals surface area contributed by atoms with Gasteiger partial charge in [0.2, 0.25) is 0 Å². The van der Waals surface area contributed by atoms with Gasteiger partial charge in [0, 0.05) is 17.2 Å². The van der Waals surface area contributed by atoms with Gasteiger partial charge in [0.05, 0.1) is 31.9 Å². The molecule has 0 saturated heterocycles. The molecule has 8 nitrogen and oxygen atoms in total. The van der Waals surface area contributed by atoms with Crippen LogP contribution in [0.5, 0.6) is 0 Å². The standard InChI is InChI=1S/C16H12Cl3N3O5/c1-7(27-16(24)10-4-8(17)5-12(19)14(10)20)15(23)21-13-6-9(22(25)26)2-3-11(13)18/h2-7H,20H2,1H3,(H,21,23). The molecule has 0 heterocycles. The molecular weight excluding hydrogens is 421 g/mol. The Morgan fingerprint density at radius 2 is 1.85 bits per heavy atom. The first kappa shape index (κ1) is 20.8. The zero-order valence-electron chi connectivity index (χ0n) is 13.7. The van der Waals surface area contributed by atoms with Gasteiger partial charge < -0.3 is 15.8 Å². The summed E-state index contributed by atoms with van der Waals surface area (Å²) in [5, 5.41) is 13.5. The first-order chi connectivity index (χ1) is 12.6. The van der Waals surface area contributed by atoms with E-state index in [1.807, 2.05) is 0 Å². The lowest BCUT2D eigenvalue weighted by Gasteiger charge is -2.15. The minimum absolute atomic E-state index is 0.00378. The van der Waals surface area contributed by atoms with Crippen molar-refractivity contribution in [3.05, 3.63) is 61.1 Å². The summed E-state index contributed by atoms with van der Waals surface area (Å²) >= 11 is 17.6. The third-order valence-electron chi connectivity index (χ3n) is 3.39. The second kappa shape index (κ2) is 8.43. The summed E-state index contributed by atoms with van der Waals surface area (Å²) in [6.07, 6.45) is -1.26. The van der Waals surface area contributed by atoms with Crippen molar-refractivity contribution in [3.63, 3.8) is 0 Å². The molecule has 142 valence electrons. The van der Waals surface area contributed by atoms with Crippen LogP contribution in [0, 0.1) is 10.1 Å². The van der Waals surface area contributed by atoms with E-state index in [0.29, 0.717) is 0 Å². The molecule has 0 aliphatic carbocycles. The number of carbonyl (C=O) groups is 2. The largest absolute Gasteiger partial charge is 0.449 e. The van der Waals surface area contributed by atoms with E-state index in [4.69, 9.17) is 45.3 Å². The predicted molar refractivity (Wildman–Crippen MR) is 102 cm³/mol. The van der Waals surface area contributed by atoms with Gasteiger partial charge in [-0.1, -0.05) is 34.8 Å². The van der Waals surface area contributed by atoms with Crippen molar-refractivity contribution in [2.45, 2.75) is 13.0 Å². The van der Waals surface area contributed by atoms with Gasteiger partial charge in [-0.05, 0) is 25.1 Å². The summed E-state index contributed by atoms with van der Waals surface area (Å²) in [6, 6.07) is 6.15. The molecule has 0 fully saturated rings. The molecule has 0 aliphatic rings. The van der Waals surface area contributed by atoms with Crippen LogP contribution in [0.4, 0.5) is 17.1 Å². The third kappa shape index (κ3) is 5.00. The van der Waals surface area contributed by atoms with E-state index in [9.17, 15) is 19.7 Å². The first-order valence-corrected chi connectivity index (χ1v) is 8.44. The number of halogens is 3. The Morgan fingerprint density at radius 1 is 1.19 bits per heavy atom. The van der Waals surface area contributed by atoms with E-state index in [1.165, 1.54) is 31.2 Å². The maximum atomic E-state index is 12.2. The van der Waals surface area contributed by atoms with Crippen LogP contribution < -0.4 is 11.1 Å². The fraction of sp³-hybridized carbons (Fsp3) is 0.125.